The van der Waals surface area contributed by atoms with E-state index in [1.165, 1.54) is 0 Å². The highest BCUT2D eigenvalue weighted by Gasteiger charge is 2.19. The number of aromatic amines is 1. The highest BCUT2D eigenvalue weighted by atomic mass is 19.1. The van der Waals surface area contributed by atoms with Gasteiger partial charge in [0.2, 0.25) is 0 Å². The van der Waals surface area contributed by atoms with Crippen LogP contribution in [0.15, 0.2) is 36.7 Å². The maximum absolute atomic E-state index is 15.1. The van der Waals surface area contributed by atoms with E-state index in [0.29, 0.717) is 16.8 Å². The number of fused-ring (bicyclic) bond motifs is 1. The Bertz CT molecular complexity index is 1250. The second-order valence-electron chi connectivity index (χ2n) is 7.92. The number of benzene rings is 2. The molecule has 0 saturated heterocycles. The fourth-order valence-corrected chi connectivity index (χ4v) is 3.90. The van der Waals surface area contributed by atoms with E-state index in [1.807, 2.05) is 29.9 Å². The second-order valence-corrected chi connectivity index (χ2v) is 7.92. The molecule has 152 valence electrons. The minimum absolute atomic E-state index is 0.242. The third-order valence-corrected chi connectivity index (χ3v) is 5.36. The number of H-pyrrole nitrogens is 1. The van der Waals surface area contributed by atoms with Gasteiger partial charge in [-0.1, -0.05) is 25.5 Å². The molecule has 6 heteroatoms. The molecule has 0 spiro atoms. The zero-order valence-electron chi connectivity index (χ0n) is 17.6. The van der Waals surface area contributed by atoms with E-state index in [-0.39, 0.29) is 11.9 Å². The van der Waals surface area contributed by atoms with Gasteiger partial charge in [-0.05, 0) is 56.0 Å². The summed E-state index contributed by atoms with van der Waals surface area (Å²) in [5.74, 6) is -0.291. The normalized spacial score (nSPS) is 11.4. The predicted molar refractivity (Wildman–Crippen MR) is 118 cm³/mol. The Balaban J connectivity index is 1.92. The fraction of sp³-hybridized carbons (Fsp3) is 0.292. The topological polar surface area (TPSA) is 50.9 Å². The number of aromatic nitrogens is 4. The first-order chi connectivity index (χ1) is 14.4. The maximum Gasteiger partial charge on any atom is 0.197 e. The first-order valence-corrected chi connectivity index (χ1v) is 10.2. The van der Waals surface area contributed by atoms with E-state index >= 15 is 4.39 Å². The molecule has 0 radical (unpaired) electrons. The largest absolute Gasteiger partial charge is 0.278 e. The Hall–Kier alpha value is -3.46. The van der Waals surface area contributed by atoms with Gasteiger partial charge in [0.15, 0.2) is 5.69 Å². The van der Waals surface area contributed by atoms with Crippen LogP contribution < -0.4 is 0 Å². The molecule has 2 aromatic carbocycles. The van der Waals surface area contributed by atoms with Crippen molar-refractivity contribution in [3.05, 3.63) is 65.0 Å². The van der Waals surface area contributed by atoms with Gasteiger partial charge in [0.25, 0.3) is 0 Å². The first kappa shape index (κ1) is 19.8. The first-order valence-electron chi connectivity index (χ1n) is 10.2. The van der Waals surface area contributed by atoms with Crippen LogP contribution in [0.4, 0.5) is 10.1 Å². The Morgan fingerprint density at radius 3 is 2.67 bits per heavy atom. The number of aryl methyl sites for hydroxylation is 2. The number of hydrogen-bond donors (Lipinski definition) is 1. The molecule has 0 atom stereocenters. The molecule has 0 aliphatic rings. The van der Waals surface area contributed by atoms with E-state index < -0.39 is 0 Å². The van der Waals surface area contributed by atoms with Crippen molar-refractivity contribution in [1.82, 2.24) is 20.0 Å². The van der Waals surface area contributed by atoms with Gasteiger partial charge in [0, 0.05) is 28.8 Å². The average molecular weight is 401 g/mol. The molecular weight excluding hydrogens is 377 g/mol. The van der Waals surface area contributed by atoms with Crippen LogP contribution in [0.25, 0.3) is 38.1 Å². The summed E-state index contributed by atoms with van der Waals surface area (Å²) in [6, 6.07) is 7.47. The third-order valence-electron chi connectivity index (χ3n) is 5.36. The molecule has 0 fully saturated rings. The van der Waals surface area contributed by atoms with Crippen molar-refractivity contribution >= 4 is 16.6 Å². The van der Waals surface area contributed by atoms with Gasteiger partial charge in [0.05, 0.1) is 18.3 Å². The van der Waals surface area contributed by atoms with Crippen molar-refractivity contribution in [1.29, 1.82) is 0 Å². The Labute approximate surface area is 175 Å². The maximum atomic E-state index is 15.1. The SMILES string of the molecule is [C-]#[N+]c1cc2[nH]nc(-c3cnn(C(C)C)c3)c2cc1-c1c(C)cc(CCC)cc1F. The fourth-order valence-electron chi connectivity index (χ4n) is 3.90. The Morgan fingerprint density at radius 2 is 2.03 bits per heavy atom. The lowest BCUT2D eigenvalue weighted by Crippen LogP contribution is -1.99. The number of rotatable bonds is 5. The van der Waals surface area contributed by atoms with Crippen LogP contribution in [-0.4, -0.2) is 20.0 Å². The molecule has 5 nitrogen and oxygen atoms in total. The van der Waals surface area contributed by atoms with Gasteiger partial charge in [-0.3, -0.25) is 9.78 Å². The van der Waals surface area contributed by atoms with Crippen LogP contribution in [0, 0.1) is 19.3 Å². The smallest absolute Gasteiger partial charge is 0.197 e. The lowest BCUT2D eigenvalue weighted by Gasteiger charge is -2.12. The second kappa shape index (κ2) is 7.75. The predicted octanol–water partition coefficient (Wildman–Crippen LogP) is 6.63. The molecular formula is C24H24FN5. The number of hydrogen-bond acceptors (Lipinski definition) is 2. The molecule has 0 unspecified atom stereocenters. The Kier molecular flexibility index (Phi) is 5.13. The van der Waals surface area contributed by atoms with Crippen molar-refractivity contribution in [3.8, 4) is 22.4 Å². The van der Waals surface area contributed by atoms with Gasteiger partial charge in [-0.2, -0.15) is 10.2 Å². The van der Waals surface area contributed by atoms with Gasteiger partial charge in [-0.25, -0.2) is 9.24 Å². The third kappa shape index (κ3) is 3.37. The highest BCUT2D eigenvalue weighted by Crippen LogP contribution is 2.40. The molecule has 1 N–H and O–H groups in total. The summed E-state index contributed by atoms with van der Waals surface area (Å²) in [5, 5.41) is 12.7. The molecule has 0 aliphatic carbocycles. The van der Waals surface area contributed by atoms with Crippen LogP contribution in [-0.2, 0) is 6.42 Å². The van der Waals surface area contributed by atoms with E-state index in [4.69, 9.17) is 6.57 Å². The summed E-state index contributed by atoms with van der Waals surface area (Å²) >= 11 is 0. The van der Waals surface area contributed by atoms with Crippen LogP contribution in [0.3, 0.4) is 0 Å². The van der Waals surface area contributed by atoms with Crippen molar-refractivity contribution in [2.24, 2.45) is 0 Å². The molecule has 0 aliphatic heterocycles. The quantitative estimate of drug-likeness (QED) is 0.382. The molecule has 4 aromatic rings. The average Bonchev–Trinajstić information content (AvgIpc) is 3.33. The highest BCUT2D eigenvalue weighted by molar-refractivity contribution is 6.00. The summed E-state index contributed by atoms with van der Waals surface area (Å²) in [6.07, 6.45) is 5.52. The molecule has 0 amide bonds. The van der Waals surface area contributed by atoms with Crippen LogP contribution in [0.5, 0.6) is 0 Å². The van der Waals surface area contributed by atoms with E-state index in [2.05, 4.69) is 40.9 Å². The molecule has 30 heavy (non-hydrogen) atoms. The summed E-state index contributed by atoms with van der Waals surface area (Å²) in [4.78, 5) is 3.67. The van der Waals surface area contributed by atoms with Crippen molar-refractivity contribution in [3.63, 3.8) is 0 Å². The molecule has 0 saturated carbocycles. The van der Waals surface area contributed by atoms with Crippen molar-refractivity contribution < 1.29 is 4.39 Å². The van der Waals surface area contributed by atoms with Crippen LogP contribution in [0.1, 0.15) is 44.4 Å². The zero-order chi connectivity index (χ0) is 21.4. The zero-order valence-corrected chi connectivity index (χ0v) is 17.6. The molecule has 2 heterocycles. The standard InChI is InChI=1S/C24H24FN5/c1-6-7-16-8-15(4)23(20(25)9-16)18-10-19-22(11-21(18)26-5)28-29-24(19)17-12-27-30(13-17)14(2)3/h8-14H,6-7H2,1-4H3,(H,28,29). The van der Waals surface area contributed by atoms with E-state index in [9.17, 15) is 0 Å². The summed E-state index contributed by atoms with van der Waals surface area (Å²) in [5.41, 5.74) is 5.66. The van der Waals surface area contributed by atoms with Gasteiger partial charge >= 0.3 is 0 Å². The molecule has 2 aromatic heterocycles. The van der Waals surface area contributed by atoms with Crippen molar-refractivity contribution in [2.75, 3.05) is 0 Å². The van der Waals surface area contributed by atoms with Gasteiger partial charge < -0.3 is 0 Å². The summed E-state index contributed by atoms with van der Waals surface area (Å²) < 4.78 is 17.0. The lowest BCUT2D eigenvalue weighted by atomic mass is 9.93. The summed E-state index contributed by atoms with van der Waals surface area (Å²) in [7, 11) is 0. The van der Waals surface area contributed by atoms with Crippen LogP contribution in [0.2, 0.25) is 0 Å². The van der Waals surface area contributed by atoms with Gasteiger partial charge in [-0.15, -0.1) is 0 Å². The van der Waals surface area contributed by atoms with E-state index in [0.717, 1.165) is 46.1 Å². The number of halogens is 1. The lowest BCUT2D eigenvalue weighted by molar-refractivity contribution is 0.532. The van der Waals surface area contributed by atoms with E-state index in [1.54, 1.807) is 18.3 Å². The minimum atomic E-state index is -0.291. The van der Waals surface area contributed by atoms with Gasteiger partial charge in [0.1, 0.15) is 11.5 Å². The number of nitrogens with zero attached hydrogens (tertiary/aromatic N) is 4. The summed E-state index contributed by atoms with van der Waals surface area (Å²) in [6.45, 7) is 15.7. The molecule has 0 bridgehead atoms. The van der Waals surface area contributed by atoms with Crippen LogP contribution >= 0.6 is 0 Å². The minimum Gasteiger partial charge on any atom is -0.278 e. The monoisotopic (exact) mass is 401 g/mol. The molecule has 4 rings (SSSR count). The van der Waals surface area contributed by atoms with Crippen molar-refractivity contribution in [2.45, 2.75) is 46.6 Å². The Morgan fingerprint density at radius 1 is 1.23 bits per heavy atom. The number of nitrogens with one attached hydrogen (secondary N) is 1.